The van der Waals surface area contributed by atoms with Crippen LogP contribution >= 0.6 is 0 Å². The molecule has 3 aromatic rings. The van der Waals surface area contributed by atoms with E-state index in [9.17, 15) is 13.2 Å². The normalized spacial score (nSPS) is 14.3. The Morgan fingerprint density at radius 1 is 0.972 bits per heavy atom. The molecule has 0 saturated carbocycles. The van der Waals surface area contributed by atoms with Crippen molar-refractivity contribution in [3.05, 3.63) is 84.4 Å². The molecule has 0 aliphatic carbocycles. The van der Waals surface area contributed by atoms with Crippen LogP contribution in [0.25, 0.3) is 0 Å². The zero-order chi connectivity index (χ0) is 25.5. The van der Waals surface area contributed by atoms with E-state index in [0.29, 0.717) is 18.0 Å². The molecular weight excluding hydrogens is 474 g/mol. The molecule has 1 unspecified atom stereocenters. The molecule has 1 saturated heterocycles. The Morgan fingerprint density at radius 2 is 1.61 bits per heavy atom. The summed E-state index contributed by atoms with van der Waals surface area (Å²) in [5, 5.41) is 2.96. The Bertz CT molecular complexity index is 1240. The molecule has 1 N–H and O–H groups in total. The van der Waals surface area contributed by atoms with Gasteiger partial charge in [-0.2, -0.15) is 0 Å². The van der Waals surface area contributed by atoms with Crippen LogP contribution in [0.3, 0.4) is 0 Å². The van der Waals surface area contributed by atoms with Crippen molar-refractivity contribution in [1.82, 2.24) is 5.32 Å². The van der Waals surface area contributed by atoms with Crippen molar-refractivity contribution in [3.8, 4) is 5.75 Å². The zero-order valence-corrected chi connectivity index (χ0v) is 21.6. The number of carbonyl (C=O) groups excluding carboxylic acids is 1. The third-order valence-corrected chi connectivity index (χ3v) is 8.08. The van der Waals surface area contributed by atoms with Crippen LogP contribution in [0.1, 0.15) is 38.3 Å². The van der Waals surface area contributed by atoms with Gasteiger partial charge in [0.25, 0.3) is 10.0 Å². The lowest BCUT2D eigenvalue weighted by Gasteiger charge is -2.25. The van der Waals surface area contributed by atoms with Crippen LogP contribution in [0.5, 0.6) is 5.75 Å². The summed E-state index contributed by atoms with van der Waals surface area (Å²) in [6, 6.07) is 22.8. The summed E-state index contributed by atoms with van der Waals surface area (Å²) in [4.78, 5) is 15.6. The van der Waals surface area contributed by atoms with Crippen LogP contribution in [0.15, 0.2) is 83.8 Å². The molecule has 0 aromatic heterocycles. The van der Waals surface area contributed by atoms with E-state index in [1.54, 1.807) is 42.5 Å². The van der Waals surface area contributed by atoms with E-state index >= 15 is 0 Å². The highest BCUT2D eigenvalue weighted by molar-refractivity contribution is 7.92. The number of amides is 1. The Hall–Kier alpha value is -3.52. The number of ether oxygens (including phenoxy) is 1. The third-order valence-electron chi connectivity index (χ3n) is 6.30. The highest BCUT2D eigenvalue weighted by Gasteiger charge is 2.27. The predicted octanol–water partition coefficient (Wildman–Crippen LogP) is 4.76. The first kappa shape index (κ1) is 25.6. The first-order valence-electron chi connectivity index (χ1n) is 12.3. The molecule has 0 spiro atoms. The summed E-state index contributed by atoms with van der Waals surface area (Å²) in [6.45, 7) is 6.08. The number of hydrogen-bond donors (Lipinski definition) is 1. The first-order chi connectivity index (χ1) is 17.4. The van der Waals surface area contributed by atoms with Gasteiger partial charge in [-0.1, -0.05) is 30.3 Å². The van der Waals surface area contributed by atoms with Gasteiger partial charge in [0.1, 0.15) is 12.3 Å². The number of hydrogen-bond acceptors (Lipinski definition) is 5. The molecule has 190 valence electrons. The van der Waals surface area contributed by atoms with Crippen molar-refractivity contribution in [2.45, 2.75) is 37.6 Å². The summed E-state index contributed by atoms with van der Waals surface area (Å²) < 4.78 is 33.6. The maximum Gasteiger partial charge on any atom is 0.264 e. The van der Waals surface area contributed by atoms with E-state index in [1.807, 2.05) is 26.0 Å². The molecule has 8 heteroatoms. The molecule has 7 nitrogen and oxygen atoms in total. The Balaban J connectivity index is 1.51. The molecule has 36 heavy (non-hydrogen) atoms. The van der Waals surface area contributed by atoms with E-state index in [-0.39, 0.29) is 23.4 Å². The van der Waals surface area contributed by atoms with Crippen LogP contribution in [0.4, 0.5) is 11.4 Å². The van der Waals surface area contributed by atoms with Crippen molar-refractivity contribution < 1.29 is 17.9 Å². The summed E-state index contributed by atoms with van der Waals surface area (Å²) in [5.74, 6) is 0.244. The second kappa shape index (κ2) is 11.5. The molecule has 1 heterocycles. The molecule has 1 fully saturated rings. The minimum Gasteiger partial charge on any atom is -0.494 e. The van der Waals surface area contributed by atoms with E-state index < -0.39 is 10.0 Å². The van der Waals surface area contributed by atoms with E-state index in [0.717, 1.165) is 23.0 Å². The van der Waals surface area contributed by atoms with Gasteiger partial charge in [-0.05, 0) is 80.8 Å². The van der Waals surface area contributed by atoms with Crippen LogP contribution in [0.2, 0.25) is 0 Å². The fraction of sp³-hybridized carbons (Fsp3) is 0.321. The molecule has 1 atom stereocenters. The second-order valence-electron chi connectivity index (χ2n) is 8.83. The Kier molecular flexibility index (Phi) is 8.15. The minimum absolute atomic E-state index is 0.122. The maximum absolute atomic E-state index is 13.5. The number of benzene rings is 3. The maximum atomic E-state index is 13.5. The molecule has 0 radical (unpaired) electrons. The van der Waals surface area contributed by atoms with Crippen LogP contribution in [-0.2, 0) is 14.8 Å². The van der Waals surface area contributed by atoms with Crippen LogP contribution in [0, 0.1) is 0 Å². The van der Waals surface area contributed by atoms with Gasteiger partial charge in [0, 0.05) is 18.8 Å². The van der Waals surface area contributed by atoms with Crippen molar-refractivity contribution >= 4 is 27.3 Å². The van der Waals surface area contributed by atoms with E-state index in [1.165, 1.54) is 30.7 Å². The van der Waals surface area contributed by atoms with Crippen molar-refractivity contribution in [1.29, 1.82) is 0 Å². The van der Waals surface area contributed by atoms with Crippen LogP contribution in [-0.4, -0.2) is 40.6 Å². The average molecular weight is 508 g/mol. The highest BCUT2D eigenvalue weighted by atomic mass is 32.2. The molecule has 1 amide bonds. The molecule has 1 aliphatic heterocycles. The predicted molar refractivity (Wildman–Crippen MR) is 143 cm³/mol. The molecular formula is C28H33N3O4S. The van der Waals surface area contributed by atoms with Gasteiger partial charge in [-0.15, -0.1) is 0 Å². The molecule has 3 aromatic carbocycles. The molecule has 4 rings (SSSR count). The van der Waals surface area contributed by atoms with E-state index in [4.69, 9.17) is 4.74 Å². The lowest BCUT2D eigenvalue weighted by atomic mass is 10.1. The molecule has 0 bridgehead atoms. The quantitative estimate of drug-likeness (QED) is 0.428. The van der Waals surface area contributed by atoms with Crippen molar-refractivity contribution in [3.63, 3.8) is 0 Å². The van der Waals surface area contributed by atoms with Gasteiger partial charge >= 0.3 is 0 Å². The highest BCUT2D eigenvalue weighted by Crippen LogP contribution is 2.26. The number of rotatable bonds is 10. The van der Waals surface area contributed by atoms with Gasteiger partial charge in [-0.3, -0.25) is 9.10 Å². The summed E-state index contributed by atoms with van der Waals surface area (Å²) >= 11 is 0. The number of anilines is 2. The third kappa shape index (κ3) is 5.99. The summed E-state index contributed by atoms with van der Waals surface area (Å²) in [6.07, 6.45) is 2.43. The van der Waals surface area contributed by atoms with Gasteiger partial charge in [-0.25, -0.2) is 8.42 Å². The standard InChI is InChI=1S/C28H33N3O4S/c1-3-35-26-17-15-25(16-18-26)31(36(33,34)27-9-5-4-6-10-27)21-28(32)29-22(2)23-11-13-24(14-12-23)30-19-7-8-20-30/h4-6,9-18,22H,3,7-8,19-21H2,1-2H3,(H,29,32). The second-order valence-corrected chi connectivity index (χ2v) is 10.7. The zero-order valence-electron chi connectivity index (χ0n) is 20.8. The van der Waals surface area contributed by atoms with Gasteiger partial charge < -0.3 is 15.0 Å². The van der Waals surface area contributed by atoms with Crippen molar-refractivity contribution in [2.24, 2.45) is 0 Å². The smallest absolute Gasteiger partial charge is 0.264 e. The van der Waals surface area contributed by atoms with Crippen LogP contribution < -0.4 is 19.3 Å². The monoisotopic (exact) mass is 507 g/mol. The van der Waals surface area contributed by atoms with Crippen molar-refractivity contribution in [2.75, 3.05) is 35.4 Å². The fourth-order valence-corrected chi connectivity index (χ4v) is 5.80. The van der Waals surface area contributed by atoms with Gasteiger partial charge in [0.2, 0.25) is 5.91 Å². The Morgan fingerprint density at radius 3 is 2.22 bits per heavy atom. The lowest BCUT2D eigenvalue weighted by molar-refractivity contribution is -0.120. The van der Waals surface area contributed by atoms with E-state index in [2.05, 4.69) is 22.3 Å². The van der Waals surface area contributed by atoms with Gasteiger partial charge in [0.05, 0.1) is 23.2 Å². The van der Waals surface area contributed by atoms with Gasteiger partial charge in [0.15, 0.2) is 0 Å². The largest absolute Gasteiger partial charge is 0.494 e. The number of nitrogens with zero attached hydrogens (tertiary/aromatic N) is 2. The lowest BCUT2D eigenvalue weighted by Crippen LogP contribution is -2.41. The summed E-state index contributed by atoms with van der Waals surface area (Å²) in [7, 11) is -3.96. The number of carbonyl (C=O) groups is 1. The molecule has 1 aliphatic rings. The fourth-order valence-electron chi connectivity index (χ4n) is 4.36. The average Bonchev–Trinajstić information content (AvgIpc) is 3.44. The first-order valence-corrected chi connectivity index (χ1v) is 13.8. The Labute approximate surface area is 213 Å². The number of sulfonamides is 1. The minimum atomic E-state index is -3.96. The summed E-state index contributed by atoms with van der Waals surface area (Å²) in [5.41, 5.74) is 2.54. The SMILES string of the molecule is CCOc1ccc(N(CC(=O)NC(C)c2ccc(N3CCCC3)cc2)S(=O)(=O)c2ccccc2)cc1. The topological polar surface area (TPSA) is 79.0 Å². The number of nitrogens with one attached hydrogen (secondary N) is 1.